The van der Waals surface area contributed by atoms with Crippen molar-refractivity contribution in [3.63, 3.8) is 0 Å². The number of nitrogens with zero attached hydrogens (tertiary/aromatic N) is 1. The van der Waals surface area contributed by atoms with Gasteiger partial charge in [-0.3, -0.25) is 14.5 Å². The van der Waals surface area contributed by atoms with Crippen LogP contribution in [0.3, 0.4) is 0 Å². The Morgan fingerprint density at radius 3 is 2.07 bits per heavy atom. The molecule has 1 aromatic rings. The zero-order valence-electron chi connectivity index (χ0n) is 8.01. The molecule has 0 bridgehead atoms. The van der Waals surface area contributed by atoms with Crippen molar-refractivity contribution in [2.24, 2.45) is 0 Å². The molecule has 2 rings (SSSR count). The fourth-order valence-electron chi connectivity index (χ4n) is 1.62. The van der Waals surface area contributed by atoms with Crippen LogP contribution in [0.5, 0.6) is 0 Å². The van der Waals surface area contributed by atoms with Crippen LogP contribution in [0, 0.1) is 6.92 Å². The molecule has 1 heterocycles. The van der Waals surface area contributed by atoms with Crippen LogP contribution in [-0.2, 0) is 0 Å². The molecule has 1 aliphatic heterocycles. The molecule has 0 aliphatic carbocycles. The third-order valence-electron chi connectivity index (χ3n) is 2.27. The summed E-state index contributed by atoms with van der Waals surface area (Å²) >= 11 is 0. The summed E-state index contributed by atoms with van der Waals surface area (Å²) < 4.78 is 0. The molecule has 0 fully saturated rings. The summed E-state index contributed by atoms with van der Waals surface area (Å²) in [4.78, 5) is 24.4. The van der Waals surface area contributed by atoms with Gasteiger partial charge in [0.1, 0.15) is 0 Å². The Morgan fingerprint density at radius 1 is 1.20 bits per heavy atom. The van der Waals surface area contributed by atoms with Gasteiger partial charge in [0, 0.05) is 0 Å². The average Bonchev–Trinajstić information content (AvgIpc) is 2.44. The van der Waals surface area contributed by atoms with Crippen molar-refractivity contribution in [3.05, 3.63) is 42.3 Å². The van der Waals surface area contributed by atoms with E-state index in [-0.39, 0.29) is 18.4 Å². The second-order valence-electron chi connectivity index (χ2n) is 3.42. The van der Waals surface area contributed by atoms with Crippen LogP contribution < -0.4 is 0 Å². The van der Waals surface area contributed by atoms with E-state index in [0.29, 0.717) is 11.1 Å². The van der Waals surface area contributed by atoms with E-state index >= 15 is 0 Å². The Balaban J connectivity index is 2.37. The number of fused-ring (bicyclic) bond motifs is 1. The predicted octanol–water partition coefficient (Wildman–Crippen LogP) is 0.478. The summed E-state index contributed by atoms with van der Waals surface area (Å²) in [5.41, 5.74) is 0.784. The van der Waals surface area contributed by atoms with Crippen molar-refractivity contribution >= 4 is 11.8 Å². The van der Waals surface area contributed by atoms with E-state index in [4.69, 9.17) is 5.11 Å². The number of aliphatic hydroxyl groups is 1. The van der Waals surface area contributed by atoms with Gasteiger partial charge in [-0.1, -0.05) is 12.1 Å². The molecule has 0 spiro atoms. The van der Waals surface area contributed by atoms with E-state index in [9.17, 15) is 9.59 Å². The molecule has 1 radical (unpaired) electrons. The SMILES string of the molecule is [CH2]C(O)CN1C(=O)c2ccccc2C1=O. The van der Waals surface area contributed by atoms with Gasteiger partial charge in [0.2, 0.25) is 0 Å². The summed E-state index contributed by atoms with van der Waals surface area (Å²) in [5, 5.41) is 9.07. The van der Waals surface area contributed by atoms with Crippen LogP contribution in [0.4, 0.5) is 0 Å². The van der Waals surface area contributed by atoms with E-state index < -0.39 is 6.10 Å². The minimum Gasteiger partial charge on any atom is -0.391 e. The van der Waals surface area contributed by atoms with Crippen LogP contribution in [-0.4, -0.2) is 34.5 Å². The Labute approximate surface area is 87.1 Å². The van der Waals surface area contributed by atoms with Crippen molar-refractivity contribution in [3.8, 4) is 0 Å². The van der Waals surface area contributed by atoms with Gasteiger partial charge in [-0.15, -0.1) is 0 Å². The molecule has 1 atom stereocenters. The van der Waals surface area contributed by atoms with Crippen molar-refractivity contribution in [1.29, 1.82) is 0 Å². The average molecular weight is 204 g/mol. The van der Waals surface area contributed by atoms with Crippen LogP contribution in [0.1, 0.15) is 20.7 Å². The van der Waals surface area contributed by atoms with E-state index in [0.717, 1.165) is 4.90 Å². The zero-order valence-corrected chi connectivity index (χ0v) is 8.01. The van der Waals surface area contributed by atoms with Crippen molar-refractivity contribution in [2.75, 3.05) is 6.54 Å². The molecule has 0 saturated carbocycles. The molecule has 0 aromatic heterocycles. The lowest BCUT2D eigenvalue weighted by molar-refractivity contribution is 0.0583. The first-order valence-corrected chi connectivity index (χ1v) is 4.57. The van der Waals surface area contributed by atoms with Crippen molar-refractivity contribution in [2.45, 2.75) is 6.10 Å². The maximum Gasteiger partial charge on any atom is 0.261 e. The Bertz CT molecular complexity index is 391. The highest BCUT2D eigenvalue weighted by Crippen LogP contribution is 2.22. The number of amides is 2. The lowest BCUT2D eigenvalue weighted by Gasteiger charge is -2.14. The van der Waals surface area contributed by atoms with Crippen molar-refractivity contribution < 1.29 is 14.7 Å². The van der Waals surface area contributed by atoms with Gasteiger partial charge < -0.3 is 5.11 Å². The van der Waals surface area contributed by atoms with Crippen LogP contribution in [0.15, 0.2) is 24.3 Å². The second kappa shape index (κ2) is 3.47. The molecule has 1 aromatic carbocycles. The first kappa shape index (κ1) is 9.86. The van der Waals surface area contributed by atoms with Gasteiger partial charge in [0.25, 0.3) is 11.8 Å². The molecule has 0 saturated heterocycles. The summed E-state index contributed by atoms with van der Waals surface area (Å²) in [7, 11) is 0. The molecule has 1 unspecified atom stereocenters. The van der Waals surface area contributed by atoms with Crippen LogP contribution >= 0.6 is 0 Å². The minimum atomic E-state index is -0.952. The standard InChI is InChI=1S/C11H10NO3/c1-7(13)6-12-10(14)8-4-2-3-5-9(8)11(12)15/h2-5,7,13H,1,6H2. The third-order valence-corrected chi connectivity index (χ3v) is 2.27. The van der Waals surface area contributed by atoms with Gasteiger partial charge in [0.05, 0.1) is 23.8 Å². The summed E-state index contributed by atoms with van der Waals surface area (Å²) in [6.07, 6.45) is -0.952. The number of hydrogen-bond acceptors (Lipinski definition) is 3. The van der Waals surface area contributed by atoms with Crippen LogP contribution in [0.2, 0.25) is 0 Å². The molecular weight excluding hydrogens is 194 g/mol. The summed E-state index contributed by atoms with van der Waals surface area (Å²) in [5.74, 6) is -0.725. The van der Waals surface area contributed by atoms with E-state index in [1.54, 1.807) is 24.3 Å². The molecule has 4 nitrogen and oxygen atoms in total. The second-order valence-corrected chi connectivity index (χ2v) is 3.42. The number of aliphatic hydroxyl groups excluding tert-OH is 1. The van der Waals surface area contributed by atoms with Gasteiger partial charge in [-0.25, -0.2) is 0 Å². The van der Waals surface area contributed by atoms with Crippen molar-refractivity contribution in [1.82, 2.24) is 4.90 Å². The smallest absolute Gasteiger partial charge is 0.261 e. The molecule has 4 heteroatoms. The number of rotatable bonds is 2. The highest BCUT2D eigenvalue weighted by Gasteiger charge is 2.35. The molecule has 15 heavy (non-hydrogen) atoms. The number of hydrogen-bond donors (Lipinski definition) is 1. The normalized spacial score (nSPS) is 16.8. The Kier molecular flexibility index (Phi) is 2.28. The quantitative estimate of drug-likeness (QED) is 0.713. The number of imide groups is 1. The monoisotopic (exact) mass is 204 g/mol. The number of benzene rings is 1. The van der Waals surface area contributed by atoms with Gasteiger partial charge in [-0.2, -0.15) is 0 Å². The third kappa shape index (κ3) is 1.53. The zero-order chi connectivity index (χ0) is 11.0. The largest absolute Gasteiger partial charge is 0.391 e. The van der Waals surface area contributed by atoms with E-state index in [1.165, 1.54) is 0 Å². The highest BCUT2D eigenvalue weighted by molar-refractivity contribution is 6.21. The number of carbonyl (C=O) groups excluding carboxylic acids is 2. The number of β-amino-alcohol motifs (C(OH)–C–C–N with tert-alkyl or cyclic N) is 1. The summed E-state index contributed by atoms with van der Waals surface area (Å²) in [6.45, 7) is 3.28. The highest BCUT2D eigenvalue weighted by atomic mass is 16.3. The molecular formula is C11H10NO3. The molecule has 77 valence electrons. The molecule has 2 amide bonds. The van der Waals surface area contributed by atoms with E-state index in [1.807, 2.05) is 0 Å². The predicted molar refractivity (Wildman–Crippen MR) is 53.2 cm³/mol. The molecule has 1 aliphatic rings. The van der Waals surface area contributed by atoms with Gasteiger partial charge >= 0.3 is 0 Å². The summed E-state index contributed by atoms with van der Waals surface area (Å²) in [6, 6.07) is 6.61. The fourth-order valence-corrected chi connectivity index (χ4v) is 1.62. The topological polar surface area (TPSA) is 57.6 Å². The van der Waals surface area contributed by atoms with Gasteiger partial charge in [0.15, 0.2) is 0 Å². The fraction of sp³-hybridized carbons (Fsp3) is 0.182. The first-order chi connectivity index (χ1) is 7.11. The lowest BCUT2D eigenvalue weighted by atomic mass is 10.1. The Hall–Kier alpha value is -1.68. The minimum absolute atomic E-state index is 0.0631. The maximum absolute atomic E-state index is 11.7. The van der Waals surface area contributed by atoms with Crippen LogP contribution in [0.25, 0.3) is 0 Å². The maximum atomic E-state index is 11.7. The first-order valence-electron chi connectivity index (χ1n) is 4.57. The Morgan fingerprint density at radius 2 is 1.67 bits per heavy atom. The lowest BCUT2D eigenvalue weighted by Crippen LogP contribution is -2.35. The van der Waals surface area contributed by atoms with Gasteiger partial charge in [-0.05, 0) is 19.1 Å². The van der Waals surface area contributed by atoms with E-state index in [2.05, 4.69) is 6.92 Å². The number of carbonyl (C=O) groups is 2. The molecule has 1 N–H and O–H groups in total.